The van der Waals surface area contributed by atoms with Crippen molar-refractivity contribution in [2.45, 2.75) is 90.5 Å². The quantitative estimate of drug-likeness (QED) is 0.539. The number of nitrogens with one attached hydrogen (secondary N) is 1. The molecule has 0 aliphatic heterocycles. The predicted octanol–water partition coefficient (Wildman–Crippen LogP) is 5.15. The van der Waals surface area contributed by atoms with Crippen molar-refractivity contribution in [1.29, 1.82) is 0 Å². The van der Waals surface area contributed by atoms with E-state index in [0.29, 0.717) is 0 Å². The van der Waals surface area contributed by atoms with Crippen LogP contribution < -0.4 is 5.32 Å². The van der Waals surface area contributed by atoms with Gasteiger partial charge < -0.3 is 5.32 Å². The molecule has 2 fully saturated rings. The van der Waals surface area contributed by atoms with Gasteiger partial charge in [-0.3, -0.25) is 0 Å². The maximum absolute atomic E-state index is 3.83. The van der Waals surface area contributed by atoms with Gasteiger partial charge in [-0.25, -0.2) is 0 Å². The van der Waals surface area contributed by atoms with E-state index in [0.717, 1.165) is 23.8 Å². The molecule has 0 aromatic rings. The Kier molecular flexibility index (Phi) is 6.70. The number of unbranched alkanes of at least 4 members (excludes halogenated alkanes) is 3. The van der Waals surface area contributed by atoms with Crippen LogP contribution in [0.1, 0.15) is 84.5 Å². The van der Waals surface area contributed by atoms with E-state index in [4.69, 9.17) is 0 Å². The summed E-state index contributed by atoms with van der Waals surface area (Å²) in [5.74, 6) is 3.28. The summed E-state index contributed by atoms with van der Waals surface area (Å²) in [6.45, 7) is 5.82. The van der Waals surface area contributed by atoms with Crippen molar-refractivity contribution >= 4 is 0 Å². The van der Waals surface area contributed by atoms with Gasteiger partial charge >= 0.3 is 0 Å². The van der Waals surface area contributed by atoms with Crippen molar-refractivity contribution in [2.75, 3.05) is 6.54 Å². The third-order valence-corrected chi connectivity index (χ3v) is 5.56. The van der Waals surface area contributed by atoms with Crippen molar-refractivity contribution in [3.8, 4) is 0 Å². The van der Waals surface area contributed by atoms with Gasteiger partial charge in [-0.2, -0.15) is 0 Å². The Balaban J connectivity index is 1.70. The maximum Gasteiger partial charge on any atom is 0.00698 e. The Bertz CT molecular complexity index is 238. The molecule has 0 radical (unpaired) electrons. The van der Waals surface area contributed by atoms with E-state index in [1.807, 2.05) is 0 Å². The van der Waals surface area contributed by atoms with Crippen molar-refractivity contribution < 1.29 is 0 Å². The summed E-state index contributed by atoms with van der Waals surface area (Å²) < 4.78 is 0. The molecule has 0 aromatic carbocycles. The Labute approximate surface area is 120 Å². The van der Waals surface area contributed by atoms with Crippen LogP contribution in [-0.2, 0) is 0 Å². The third kappa shape index (κ3) is 4.77. The van der Waals surface area contributed by atoms with E-state index >= 15 is 0 Å². The number of fused-ring (bicyclic) bond motifs is 2. The van der Waals surface area contributed by atoms with Crippen molar-refractivity contribution in [3.63, 3.8) is 0 Å². The molecule has 2 aliphatic rings. The lowest BCUT2D eigenvalue weighted by Gasteiger charge is -2.27. The van der Waals surface area contributed by atoms with Crippen LogP contribution >= 0.6 is 0 Å². The fourth-order valence-electron chi connectivity index (χ4n) is 4.50. The summed E-state index contributed by atoms with van der Waals surface area (Å²) in [5.41, 5.74) is 0. The van der Waals surface area contributed by atoms with Gasteiger partial charge in [0.25, 0.3) is 0 Å². The molecule has 19 heavy (non-hydrogen) atoms. The van der Waals surface area contributed by atoms with E-state index in [9.17, 15) is 0 Å². The van der Waals surface area contributed by atoms with Gasteiger partial charge in [0.2, 0.25) is 0 Å². The molecule has 1 nitrogen and oxygen atoms in total. The monoisotopic (exact) mass is 265 g/mol. The van der Waals surface area contributed by atoms with Crippen LogP contribution in [0.25, 0.3) is 0 Å². The minimum atomic E-state index is 0.821. The van der Waals surface area contributed by atoms with Crippen molar-refractivity contribution in [3.05, 3.63) is 0 Å². The van der Waals surface area contributed by atoms with Crippen LogP contribution in [0.3, 0.4) is 0 Å². The second-order valence-electron chi connectivity index (χ2n) is 7.17. The van der Waals surface area contributed by atoms with E-state index < -0.39 is 0 Å². The molecule has 0 saturated heterocycles. The van der Waals surface area contributed by atoms with Gasteiger partial charge in [0.1, 0.15) is 0 Å². The molecule has 0 amide bonds. The first kappa shape index (κ1) is 15.4. The molecule has 0 spiro atoms. The lowest BCUT2D eigenvalue weighted by atomic mass is 9.83. The number of rotatable bonds is 10. The van der Waals surface area contributed by atoms with Crippen LogP contribution in [0.5, 0.6) is 0 Å². The molecule has 4 unspecified atom stereocenters. The normalized spacial score (nSPS) is 30.9. The average Bonchev–Trinajstić information content (AvgIpc) is 3.03. The molecule has 0 heterocycles. The molecular formula is C18H35N. The van der Waals surface area contributed by atoms with Gasteiger partial charge in [0, 0.05) is 6.04 Å². The minimum Gasteiger partial charge on any atom is -0.314 e. The molecule has 2 bridgehead atoms. The summed E-state index contributed by atoms with van der Waals surface area (Å²) in [6, 6.07) is 0.821. The highest BCUT2D eigenvalue weighted by Gasteiger charge is 2.39. The Morgan fingerprint density at radius 1 is 1.00 bits per heavy atom. The highest BCUT2D eigenvalue weighted by Crippen LogP contribution is 2.50. The third-order valence-electron chi connectivity index (χ3n) is 5.56. The van der Waals surface area contributed by atoms with Crippen LogP contribution in [-0.4, -0.2) is 12.6 Å². The van der Waals surface area contributed by atoms with Crippen LogP contribution in [0.4, 0.5) is 0 Å². The molecule has 4 atom stereocenters. The van der Waals surface area contributed by atoms with E-state index in [1.165, 1.54) is 51.5 Å². The molecule has 0 aromatic heterocycles. The smallest absolute Gasteiger partial charge is 0.00698 e. The van der Waals surface area contributed by atoms with Gasteiger partial charge in [-0.1, -0.05) is 46.0 Å². The fourth-order valence-corrected chi connectivity index (χ4v) is 4.50. The number of hydrogen-bond donors (Lipinski definition) is 1. The number of hydrogen-bond acceptors (Lipinski definition) is 1. The Morgan fingerprint density at radius 3 is 2.53 bits per heavy atom. The highest BCUT2D eigenvalue weighted by molar-refractivity contribution is 4.91. The second kappa shape index (κ2) is 8.29. The molecule has 2 saturated carbocycles. The zero-order chi connectivity index (χ0) is 13.5. The van der Waals surface area contributed by atoms with E-state index in [1.54, 1.807) is 25.7 Å². The first-order valence-electron chi connectivity index (χ1n) is 9.06. The lowest BCUT2D eigenvalue weighted by molar-refractivity contribution is 0.269. The van der Waals surface area contributed by atoms with E-state index in [-0.39, 0.29) is 0 Å². The maximum atomic E-state index is 3.83. The average molecular weight is 265 g/mol. The van der Waals surface area contributed by atoms with Crippen LogP contribution in [0.15, 0.2) is 0 Å². The zero-order valence-corrected chi connectivity index (χ0v) is 13.3. The summed E-state index contributed by atoms with van der Waals surface area (Å²) in [4.78, 5) is 0. The summed E-state index contributed by atoms with van der Waals surface area (Å²) in [6.07, 6.45) is 16.1. The van der Waals surface area contributed by atoms with Gasteiger partial charge in [-0.15, -0.1) is 0 Å². The summed E-state index contributed by atoms with van der Waals surface area (Å²) in [7, 11) is 0. The fraction of sp³-hybridized carbons (Fsp3) is 1.00. The topological polar surface area (TPSA) is 12.0 Å². The Morgan fingerprint density at radius 2 is 1.89 bits per heavy atom. The van der Waals surface area contributed by atoms with Gasteiger partial charge in [0.05, 0.1) is 0 Å². The largest absolute Gasteiger partial charge is 0.314 e. The summed E-state index contributed by atoms with van der Waals surface area (Å²) >= 11 is 0. The lowest BCUT2D eigenvalue weighted by Crippen LogP contribution is -2.33. The second-order valence-corrected chi connectivity index (χ2v) is 7.17. The van der Waals surface area contributed by atoms with Gasteiger partial charge in [0.15, 0.2) is 0 Å². The first-order chi connectivity index (χ1) is 9.33. The molecule has 2 aliphatic carbocycles. The molecule has 2 rings (SSSR count). The standard InChI is InChI=1S/C18H35N/c1-3-5-6-7-8-18(19-11-4-2)14-17-13-15-9-10-16(17)12-15/h15-19H,3-14H2,1-2H3. The Hall–Kier alpha value is -0.0400. The SMILES string of the molecule is CCCCCCC(CC1CC2CCC1C2)NCCC. The molecular weight excluding hydrogens is 230 g/mol. The van der Waals surface area contributed by atoms with Crippen molar-refractivity contribution in [1.82, 2.24) is 5.32 Å². The first-order valence-corrected chi connectivity index (χ1v) is 9.06. The predicted molar refractivity (Wildman–Crippen MR) is 84.4 cm³/mol. The van der Waals surface area contributed by atoms with E-state index in [2.05, 4.69) is 19.2 Å². The van der Waals surface area contributed by atoms with Crippen LogP contribution in [0, 0.1) is 17.8 Å². The highest BCUT2D eigenvalue weighted by atomic mass is 14.9. The van der Waals surface area contributed by atoms with Gasteiger partial charge in [-0.05, 0) is 62.8 Å². The molecule has 1 N–H and O–H groups in total. The summed E-state index contributed by atoms with van der Waals surface area (Å²) in [5, 5.41) is 3.83. The van der Waals surface area contributed by atoms with Crippen LogP contribution in [0.2, 0.25) is 0 Å². The van der Waals surface area contributed by atoms with Crippen molar-refractivity contribution in [2.24, 2.45) is 17.8 Å². The zero-order valence-electron chi connectivity index (χ0n) is 13.3. The molecule has 112 valence electrons. The minimum absolute atomic E-state index is 0.821. The molecule has 1 heteroatoms.